The predicted molar refractivity (Wildman–Crippen MR) is 30.9 cm³/mol. The number of hydrogen-bond donors (Lipinski definition) is 1. The zero-order valence-corrected chi connectivity index (χ0v) is 5.38. The van der Waals surface area contributed by atoms with Gasteiger partial charge in [-0.25, -0.2) is 4.79 Å². The zero-order chi connectivity index (χ0) is 7.28. The quantitative estimate of drug-likeness (QED) is 0.301. The monoisotopic (exact) mass is 131 g/mol. The first-order valence-electron chi connectivity index (χ1n) is 2.46. The summed E-state index contributed by atoms with van der Waals surface area (Å²) >= 11 is 0. The van der Waals surface area contributed by atoms with Crippen molar-refractivity contribution in [2.24, 2.45) is 0 Å². The van der Waals surface area contributed by atoms with E-state index in [1.165, 1.54) is 14.2 Å². The fourth-order valence-corrected chi connectivity index (χ4v) is 0.368. The highest BCUT2D eigenvalue weighted by Crippen LogP contribution is 1.79. The van der Waals surface area contributed by atoms with E-state index in [9.17, 15) is 9.59 Å². The zero-order valence-electron chi connectivity index (χ0n) is 5.38. The highest BCUT2D eigenvalue weighted by molar-refractivity contribution is 5.91. The van der Waals surface area contributed by atoms with Crippen molar-refractivity contribution in [2.45, 2.75) is 6.04 Å². The van der Waals surface area contributed by atoms with Crippen molar-refractivity contribution in [3.8, 4) is 0 Å². The number of esters is 1. The standard InChI is InChI=1S/C5H9NO3/c1-6-4(3-7)5(8)9-2/h3-4,6H,1-2H3. The molecule has 0 saturated heterocycles. The summed E-state index contributed by atoms with van der Waals surface area (Å²) in [6.45, 7) is 0. The smallest absolute Gasteiger partial charge is 0.330 e. The lowest BCUT2D eigenvalue weighted by molar-refractivity contribution is -0.144. The molecular weight excluding hydrogens is 122 g/mol. The molecule has 0 amide bonds. The van der Waals surface area contributed by atoms with Crippen molar-refractivity contribution >= 4 is 12.3 Å². The molecule has 0 rings (SSSR count). The van der Waals surface area contributed by atoms with Crippen LogP contribution in [0.1, 0.15) is 0 Å². The first kappa shape index (κ1) is 8.10. The molecule has 0 saturated carbocycles. The van der Waals surface area contributed by atoms with E-state index in [0.29, 0.717) is 6.29 Å². The van der Waals surface area contributed by atoms with Gasteiger partial charge in [-0.05, 0) is 7.05 Å². The molecule has 52 valence electrons. The van der Waals surface area contributed by atoms with Gasteiger partial charge < -0.3 is 14.8 Å². The molecule has 0 aromatic rings. The second-order valence-corrected chi connectivity index (χ2v) is 1.43. The molecule has 4 heteroatoms. The molecule has 1 atom stereocenters. The summed E-state index contributed by atoms with van der Waals surface area (Å²) in [5.74, 6) is -0.563. The van der Waals surface area contributed by atoms with Gasteiger partial charge in [0.15, 0.2) is 6.04 Å². The van der Waals surface area contributed by atoms with Crippen molar-refractivity contribution < 1.29 is 14.3 Å². The van der Waals surface area contributed by atoms with Crippen molar-refractivity contribution in [1.29, 1.82) is 0 Å². The number of aldehydes is 1. The molecule has 1 unspecified atom stereocenters. The minimum Gasteiger partial charge on any atom is -0.468 e. The third kappa shape index (κ3) is 2.23. The number of rotatable bonds is 3. The topological polar surface area (TPSA) is 55.4 Å². The Morgan fingerprint density at radius 1 is 1.78 bits per heavy atom. The first-order valence-corrected chi connectivity index (χ1v) is 2.46. The second kappa shape index (κ2) is 4.03. The Morgan fingerprint density at radius 2 is 2.33 bits per heavy atom. The molecule has 0 aliphatic rings. The van der Waals surface area contributed by atoms with Crippen LogP contribution in [0.2, 0.25) is 0 Å². The number of ether oxygens (including phenoxy) is 1. The Balaban J connectivity index is 3.78. The van der Waals surface area contributed by atoms with Gasteiger partial charge in [0.2, 0.25) is 0 Å². The van der Waals surface area contributed by atoms with Crippen LogP contribution in [0.15, 0.2) is 0 Å². The van der Waals surface area contributed by atoms with Gasteiger partial charge >= 0.3 is 5.97 Å². The summed E-state index contributed by atoms with van der Waals surface area (Å²) in [7, 11) is 2.74. The Morgan fingerprint density at radius 3 is 2.44 bits per heavy atom. The van der Waals surface area contributed by atoms with Crippen LogP contribution in [0.4, 0.5) is 0 Å². The van der Waals surface area contributed by atoms with E-state index >= 15 is 0 Å². The summed E-state index contributed by atoms with van der Waals surface area (Å²) in [5.41, 5.74) is 0. The molecule has 4 nitrogen and oxygen atoms in total. The van der Waals surface area contributed by atoms with Gasteiger partial charge in [0.1, 0.15) is 6.29 Å². The highest BCUT2D eigenvalue weighted by Gasteiger charge is 2.13. The summed E-state index contributed by atoms with van der Waals surface area (Å²) in [6.07, 6.45) is 0.492. The fourth-order valence-electron chi connectivity index (χ4n) is 0.368. The van der Waals surface area contributed by atoms with Crippen molar-refractivity contribution in [1.82, 2.24) is 5.32 Å². The molecule has 0 spiro atoms. The number of carbonyl (C=O) groups is 2. The van der Waals surface area contributed by atoms with E-state index < -0.39 is 12.0 Å². The van der Waals surface area contributed by atoms with Gasteiger partial charge in [-0.15, -0.1) is 0 Å². The fraction of sp³-hybridized carbons (Fsp3) is 0.600. The van der Waals surface area contributed by atoms with E-state index in [1.54, 1.807) is 0 Å². The molecule has 0 aliphatic carbocycles. The van der Waals surface area contributed by atoms with E-state index in [2.05, 4.69) is 10.1 Å². The lowest BCUT2D eigenvalue weighted by atomic mass is 10.3. The Labute approximate surface area is 53.2 Å². The lowest BCUT2D eigenvalue weighted by Crippen LogP contribution is -2.36. The molecule has 0 aliphatic heterocycles. The summed E-state index contributed by atoms with van der Waals surface area (Å²) in [4.78, 5) is 20.4. The number of carbonyl (C=O) groups excluding carboxylic acids is 2. The number of likely N-dealkylation sites (N-methyl/N-ethyl adjacent to an activating group) is 1. The van der Waals surface area contributed by atoms with E-state index in [-0.39, 0.29) is 0 Å². The molecule has 0 aromatic heterocycles. The third-order valence-corrected chi connectivity index (χ3v) is 0.902. The first-order chi connectivity index (χ1) is 4.26. The number of hydrogen-bond acceptors (Lipinski definition) is 4. The molecule has 1 N–H and O–H groups in total. The predicted octanol–water partition coefficient (Wildman–Crippen LogP) is -1.05. The molecule has 0 heterocycles. The summed E-state index contributed by atoms with van der Waals surface area (Å²) in [6, 6.07) is -0.824. The molecule has 0 bridgehead atoms. The van der Waals surface area contributed by atoms with Crippen LogP contribution in [0.3, 0.4) is 0 Å². The van der Waals surface area contributed by atoms with E-state index in [0.717, 1.165) is 0 Å². The number of nitrogens with one attached hydrogen (secondary N) is 1. The van der Waals surface area contributed by atoms with Gasteiger partial charge in [0.05, 0.1) is 7.11 Å². The van der Waals surface area contributed by atoms with Crippen LogP contribution in [-0.2, 0) is 14.3 Å². The van der Waals surface area contributed by atoms with Crippen molar-refractivity contribution in [3.63, 3.8) is 0 Å². The summed E-state index contributed by atoms with van der Waals surface area (Å²) < 4.78 is 4.26. The maximum absolute atomic E-state index is 10.5. The van der Waals surface area contributed by atoms with Crippen LogP contribution in [0.25, 0.3) is 0 Å². The Hall–Kier alpha value is -0.900. The highest BCUT2D eigenvalue weighted by atomic mass is 16.5. The number of methoxy groups -OCH3 is 1. The Bertz CT molecular complexity index is 113. The average Bonchev–Trinajstić information content (AvgIpc) is 1.90. The SMILES string of the molecule is CNC(C=O)C(=O)OC. The third-order valence-electron chi connectivity index (χ3n) is 0.902. The minimum atomic E-state index is -0.824. The molecule has 9 heavy (non-hydrogen) atoms. The molecular formula is C5H9NO3. The molecule has 0 fully saturated rings. The normalized spacial score (nSPS) is 12.2. The minimum absolute atomic E-state index is 0.492. The maximum atomic E-state index is 10.5. The molecule has 0 radical (unpaired) electrons. The second-order valence-electron chi connectivity index (χ2n) is 1.43. The van der Waals surface area contributed by atoms with Crippen LogP contribution < -0.4 is 5.32 Å². The molecule has 0 aromatic carbocycles. The van der Waals surface area contributed by atoms with Crippen molar-refractivity contribution in [2.75, 3.05) is 14.2 Å². The van der Waals surface area contributed by atoms with Crippen LogP contribution in [0, 0.1) is 0 Å². The average molecular weight is 131 g/mol. The van der Waals surface area contributed by atoms with E-state index in [4.69, 9.17) is 0 Å². The van der Waals surface area contributed by atoms with E-state index in [1.807, 2.05) is 0 Å². The maximum Gasteiger partial charge on any atom is 0.330 e. The van der Waals surface area contributed by atoms with Crippen LogP contribution >= 0.6 is 0 Å². The largest absolute Gasteiger partial charge is 0.468 e. The van der Waals surface area contributed by atoms with Crippen LogP contribution in [0.5, 0.6) is 0 Å². The van der Waals surface area contributed by atoms with Gasteiger partial charge in [-0.2, -0.15) is 0 Å². The van der Waals surface area contributed by atoms with Crippen molar-refractivity contribution in [3.05, 3.63) is 0 Å². The van der Waals surface area contributed by atoms with Gasteiger partial charge in [0, 0.05) is 0 Å². The van der Waals surface area contributed by atoms with Gasteiger partial charge in [-0.3, -0.25) is 0 Å². The Kier molecular flexibility index (Phi) is 3.62. The summed E-state index contributed by atoms with van der Waals surface area (Å²) in [5, 5.41) is 2.46. The van der Waals surface area contributed by atoms with Crippen LogP contribution in [-0.4, -0.2) is 32.5 Å². The lowest BCUT2D eigenvalue weighted by Gasteiger charge is -2.03. The van der Waals surface area contributed by atoms with Gasteiger partial charge in [-0.1, -0.05) is 0 Å². The van der Waals surface area contributed by atoms with Gasteiger partial charge in [0.25, 0.3) is 0 Å².